The lowest BCUT2D eigenvalue weighted by Gasteiger charge is -2.47. The number of ether oxygens (including phenoxy) is 1. The van der Waals surface area contributed by atoms with Gasteiger partial charge in [0.15, 0.2) is 5.88 Å². The molecule has 1 saturated heterocycles. The molecule has 0 saturated carbocycles. The van der Waals surface area contributed by atoms with Crippen LogP contribution in [0.5, 0.6) is 0 Å². The maximum Gasteiger partial charge on any atom is 0.179 e. The SMILES string of the molecule is C=C(NC(C)C(=C)N1C(C)CCCC1C(C)C)OC. The summed E-state index contributed by atoms with van der Waals surface area (Å²) in [5.41, 5.74) is 1.14. The van der Waals surface area contributed by atoms with Crippen LogP contribution >= 0.6 is 0 Å². The van der Waals surface area contributed by atoms with Gasteiger partial charge in [-0.25, -0.2) is 0 Å². The van der Waals surface area contributed by atoms with Gasteiger partial charge >= 0.3 is 0 Å². The number of piperidine rings is 1. The predicted octanol–water partition coefficient (Wildman–Crippen LogP) is 3.49. The summed E-state index contributed by atoms with van der Waals surface area (Å²) in [6.45, 7) is 17.2. The van der Waals surface area contributed by atoms with E-state index in [2.05, 4.69) is 51.1 Å². The zero-order valence-corrected chi connectivity index (χ0v) is 13.2. The van der Waals surface area contributed by atoms with Gasteiger partial charge in [-0.3, -0.25) is 0 Å². The monoisotopic (exact) mass is 266 g/mol. The lowest BCUT2D eigenvalue weighted by molar-refractivity contribution is 0.0921. The van der Waals surface area contributed by atoms with Gasteiger partial charge in [-0.15, -0.1) is 0 Å². The number of rotatable bonds is 6. The fourth-order valence-electron chi connectivity index (χ4n) is 2.99. The molecule has 3 unspecified atom stereocenters. The largest absolute Gasteiger partial charge is 0.483 e. The minimum Gasteiger partial charge on any atom is -0.483 e. The van der Waals surface area contributed by atoms with Crippen LogP contribution in [-0.4, -0.2) is 30.1 Å². The van der Waals surface area contributed by atoms with Crippen molar-refractivity contribution in [3.63, 3.8) is 0 Å². The average Bonchev–Trinajstić information content (AvgIpc) is 2.37. The van der Waals surface area contributed by atoms with Crippen molar-refractivity contribution < 1.29 is 4.74 Å². The van der Waals surface area contributed by atoms with Crippen LogP contribution in [0.2, 0.25) is 0 Å². The molecule has 1 heterocycles. The first kappa shape index (κ1) is 15.9. The Morgan fingerprint density at radius 2 is 1.89 bits per heavy atom. The maximum atomic E-state index is 5.09. The van der Waals surface area contributed by atoms with Gasteiger partial charge in [0.2, 0.25) is 0 Å². The molecule has 1 aliphatic heterocycles. The first-order chi connectivity index (χ1) is 8.88. The smallest absolute Gasteiger partial charge is 0.179 e. The number of nitrogens with zero attached hydrogens (tertiary/aromatic N) is 1. The molecule has 3 atom stereocenters. The molecule has 3 heteroatoms. The van der Waals surface area contributed by atoms with E-state index in [4.69, 9.17) is 4.74 Å². The van der Waals surface area contributed by atoms with Gasteiger partial charge in [0.25, 0.3) is 0 Å². The molecule has 1 aliphatic rings. The number of methoxy groups -OCH3 is 1. The Morgan fingerprint density at radius 3 is 2.42 bits per heavy atom. The van der Waals surface area contributed by atoms with Crippen LogP contribution in [0.4, 0.5) is 0 Å². The molecule has 0 aromatic rings. The number of likely N-dealkylation sites (tertiary alicyclic amines) is 1. The third kappa shape index (κ3) is 3.92. The molecular formula is C16H30N2O. The molecule has 0 spiro atoms. The summed E-state index contributed by atoms with van der Waals surface area (Å²) < 4.78 is 5.09. The number of hydrogen-bond donors (Lipinski definition) is 1. The standard InChI is InChI=1S/C16H30N2O/c1-11(2)16-10-8-9-12(3)18(16)14(5)13(4)17-15(6)19-7/h11-13,16-17H,5-6,8-10H2,1-4,7H3. The normalized spacial score (nSPS) is 25.1. The lowest BCUT2D eigenvalue weighted by atomic mass is 9.88. The fourth-order valence-corrected chi connectivity index (χ4v) is 2.99. The van der Waals surface area contributed by atoms with E-state index in [-0.39, 0.29) is 6.04 Å². The highest BCUT2D eigenvalue weighted by Gasteiger charge is 2.32. The Balaban J connectivity index is 2.77. The van der Waals surface area contributed by atoms with Crippen molar-refractivity contribution in [1.82, 2.24) is 10.2 Å². The van der Waals surface area contributed by atoms with Gasteiger partial charge < -0.3 is 15.0 Å². The molecule has 0 radical (unpaired) electrons. The molecule has 0 aromatic carbocycles. The van der Waals surface area contributed by atoms with Crippen LogP contribution in [0.1, 0.15) is 47.0 Å². The van der Waals surface area contributed by atoms with E-state index < -0.39 is 0 Å². The van der Waals surface area contributed by atoms with Crippen molar-refractivity contribution in [2.75, 3.05) is 7.11 Å². The maximum absolute atomic E-state index is 5.09. The molecule has 1 rings (SSSR count). The molecule has 3 nitrogen and oxygen atoms in total. The third-order valence-corrected chi connectivity index (χ3v) is 4.18. The highest BCUT2D eigenvalue weighted by molar-refractivity contribution is 5.10. The minimum absolute atomic E-state index is 0.147. The second kappa shape index (κ2) is 6.88. The van der Waals surface area contributed by atoms with E-state index in [1.807, 2.05) is 0 Å². The Bertz CT molecular complexity index is 325. The van der Waals surface area contributed by atoms with E-state index in [1.165, 1.54) is 19.3 Å². The molecule has 0 amide bonds. The minimum atomic E-state index is 0.147. The van der Waals surface area contributed by atoms with Crippen molar-refractivity contribution in [2.45, 2.75) is 65.1 Å². The van der Waals surface area contributed by atoms with Gasteiger partial charge in [-0.2, -0.15) is 0 Å². The summed E-state index contributed by atoms with van der Waals surface area (Å²) in [6, 6.07) is 1.30. The summed E-state index contributed by atoms with van der Waals surface area (Å²) in [5, 5.41) is 3.25. The fraction of sp³-hybridized carbons (Fsp3) is 0.750. The zero-order chi connectivity index (χ0) is 14.6. The first-order valence-corrected chi connectivity index (χ1v) is 7.35. The Labute approximate surface area is 118 Å². The lowest BCUT2D eigenvalue weighted by Crippen LogP contribution is -2.50. The number of nitrogens with one attached hydrogen (secondary N) is 1. The Kier molecular flexibility index (Phi) is 5.77. The van der Waals surface area contributed by atoms with Gasteiger partial charge in [-0.05, 0) is 45.6 Å². The predicted molar refractivity (Wildman–Crippen MR) is 81.7 cm³/mol. The summed E-state index contributed by atoms with van der Waals surface area (Å²) in [6.07, 6.45) is 3.83. The van der Waals surface area contributed by atoms with E-state index in [1.54, 1.807) is 7.11 Å². The van der Waals surface area contributed by atoms with Crippen LogP contribution in [0.15, 0.2) is 24.7 Å². The molecule has 1 fully saturated rings. The van der Waals surface area contributed by atoms with E-state index >= 15 is 0 Å². The molecular weight excluding hydrogens is 236 g/mol. The highest BCUT2D eigenvalue weighted by atomic mass is 16.5. The van der Waals surface area contributed by atoms with Crippen LogP contribution in [0.3, 0.4) is 0 Å². The first-order valence-electron chi connectivity index (χ1n) is 7.35. The summed E-state index contributed by atoms with van der Waals surface area (Å²) >= 11 is 0. The Morgan fingerprint density at radius 1 is 1.26 bits per heavy atom. The van der Waals surface area contributed by atoms with Crippen LogP contribution in [-0.2, 0) is 4.74 Å². The van der Waals surface area contributed by atoms with E-state index in [9.17, 15) is 0 Å². The summed E-state index contributed by atoms with van der Waals surface area (Å²) in [5.74, 6) is 1.25. The second-order valence-electron chi connectivity index (χ2n) is 5.98. The molecule has 0 aromatic heterocycles. The van der Waals surface area contributed by atoms with E-state index in [0.29, 0.717) is 23.9 Å². The van der Waals surface area contributed by atoms with E-state index in [0.717, 1.165) is 5.70 Å². The van der Waals surface area contributed by atoms with Crippen molar-refractivity contribution in [1.29, 1.82) is 0 Å². The molecule has 1 N–H and O–H groups in total. The second-order valence-corrected chi connectivity index (χ2v) is 5.98. The average molecular weight is 266 g/mol. The Hall–Kier alpha value is -1.12. The van der Waals surface area contributed by atoms with Crippen LogP contribution in [0.25, 0.3) is 0 Å². The van der Waals surface area contributed by atoms with Gasteiger partial charge in [0.1, 0.15) is 0 Å². The topological polar surface area (TPSA) is 24.5 Å². The van der Waals surface area contributed by atoms with Crippen LogP contribution in [0, 0.1) is 5.92 Å². The van der Waals surface area contributed by atoms with Crippen LogP contribution < -0.4 is 5.32 Å². The molecule has 0 aliphatic carbocycles. The highest BCUT2D eigenvalue weighted by Crippen LogP contribution is 2.31. The number of hydrogen-bond acceptors (Lipinski definition) is 3. The van der Waals surface area contributed by atoms with Gasteiger partial charge in [0, 0.05) is 17.8 Å². The summed E-state index contributed by atoms with van der Waals surface area (Å²) in [4.78, 5) is 2.51. The van der Waals surface area contributed by atoms with Crippen molar-refractivity contribution in [3.8, 4) is 0 Å². The van der Waals surface area contributed by atoms with Crippen molar-refractivity contribution in [2.24, 2.45) is 5.92 Å². The molecule has 110 valence electrons. The quantitative estimate of drug-likeness (QED) is 0.745. The van der Waals surface area contributed by atoms with Gasteiger partial charge in [-0.1, -0.05) is 20.4 Å². The molecule has 0 bridgehead atoms. The van der Waals surface area contributed by atoms with Crippen molar-refractivity contribution >= 4 is 0 Å². The summed E-state index contributed by atoms with van der Waals surface area (Å²) in [7, 11) is 1.63. The van der Waals surface area contributed by atoms with Crippen molar-refractivity contribution in [3.05, 3.63) is 24.7 Å². The molecule has 19 heavy (non-hydrogen) atoms. The van der Waals surface area contributed by atoms with Gasteiger partial charge in [0.05, 0.1) is 13.2 Å². The zero-order valence-electron chi connectivity index (χ0n) is 13.2. The third-order valence-electron chi connectivity index (χ3n) is 4.18.